The lowest BCUT2D eigenvalue weighted by Gasteiger charge is -1.99. The van der Waals surface area contributed by atoms with Crippen LogP contribution in [-0.4, -0.2) is 15.7 Å². The third-order valence-electron chi connectivity index (χ3n) is 5.49. The number of furan rings is 1. The third-order valence-corrected chi connectivity index (χ3v) is 5.72. The molecule has 0 atom stereocenters. The molecule has 2 aromatic heterocycles. The molecule has 32 heavy (non-hydrogen) atoms. The Morgan fingerprint density at radius 2 is 1.78 bits per heavy atom. The zero-order valence-corrected chi connectivity index (χ0v) is 17.5. The number of nitrogens with zero attached hydrogens (tertiary/aromatic N) is 2. The standard InChI is InChI=1S/C26H16ClN3O2/c27-18-10-11-22-20(14-18)21(26(31)28-22)12-17-15-30(19-7-2-1-3-8-19)29-25(17)24-13-16-6-4-5-9-23(16)32-24/h1-15H,(H,28,31). The minimum atomic E-state index is -0.176. The van der Waals surface area contributed by atoms with Gasteiger partial charge in [0.25, 0.3) is 5.91 Å². The van der Waals surface area contributed by atoms with Crippen LogP contribution in [0.2, 0.25) is 5.02 Å². The Morgan fingerprint density at radius 1 is 0.969 bits per heavy atom. The van der Waals surface area contributed by atoms with Crippen molar-refractivity contribution in [3.05, 3.63) is 101 Å². The smallest absolute Gasteiger partial charge is 0.256 e. The first kappa shape index (κ1) is 18.7. The van der Waals surface area contributed by atoms with Crippen LogP contribution in [0, 0.1) is 0 Å². The van der Waals surface area contributed by atoms with Crippen molar-refractivity contribution in [3.8, 4) is 17.1 Å². The van der Waals surface area contributed by atoms with Crippen molar-refractivity contribution >= 4 is 45.8 Å². The quantitative estimate of drug-likeness (QED) is 0.331. The third kappa shape index (κ3) is 3.11. The van der Waals surface area contributed by atoms with Gasteiger partial charge in [-0.25, -0.2) is 4.68 Å². The van der Waals surface area contributed by atoms with Gasteiger partial charge in [-0.2, -0.15) is 5.10 Å². The van der Waals surface area contributed by atoms with E-state index in [2.05, 4.69) is 5.32 Å². The molecule has 5 nitrogen and oxygen atoms in total. The van der Waals surface area contributed by atoms with E-state index < -0.39 is 0 Å². The van der Waals surface area contributed by atoms with Gasteiger partial charge < -0.3 is 9.73 Å². The van der Waals surface area contributed by atoms with Gasteiger partial charge in [-0.3, -0.25) is 4.79 Å². The molecule has 0 radical (unpaired) electrons. The van der Waals surface area contributed by atoms with Gasteiger partial charge in [-0.15, -0.1) is 0 Å². The summed E-state index contributed by atoms with van der Waals surface area (Å²) in [7, 11) is 0. The number of benzene rings is 3. The summed E-state index contributed by atoms with van der Waals surface area (Å²) in [6.07, 6.45) is 3.74. The number of anilines is 1. The van der Waals surface area contributed by atoms with Crippen molar-refractivity contribution in [2.24, 2.45) is 0 Å². The van der Waals surface area contributed by atoms with Crippen LogP contribution < -0.4 is 5.32 Å². The number of amides is 1. The fourth-order valence-electron chi connectivity index (χ4n) is 3.96. The Balaban J connectivity index is 1.55. The van der Waals surface area contributed by atoms with Crippen molar-refractivity contribution in [2.75, 3.05) is 5.32 Å². The highest BCUT2D eigenvalue weighted by Gasteiger charge is 2.26. The summed E-state index contributed by atoms with van der Waals surface area (Å²) in [6.45, 7) is 0. The largest absolute Gasteiger partial charge is 0.454 e. The van der Waals surface area contributed by atoms with Crippen LogP contribution in [0.5, 0.6) is 0 Å². The van der Waals surface area contributed by atoms with Crippen LogP contribution in [0.25, 0.3) is 39.8 Å². The van der Waals surface area contributed by atoms with Crippen LogP contribution in [-0.2, 0) is 4.79 Å². The highest BCUT2D eigenvalue weighted by atomic mass is 35.5. The van der Waals surface area contributed by atoms with E-state index in [9.17, 15) is 4.79 Å². The van der Waals surface area contributed by atoms with E-state index in [-0.39, 0.29) is 5.91 Å². The number of hydrogen-bond acceptors (Lipinski definition) is 3. The first-order chi connectivity index (χ1) is 15.7. The minimum Gasteiger partial charge on any atom is -0.454 e. The summed E-state index contributed by atoms with van der Waals surface area (Å²) in [6, 6.07) is 25.0. The van der Waals surface area contributed by atoms with Gasteiger partial charge in [0.05, 0.1) is 5.69 Å². The molecule has 5 aromatic rings. The molecule has 1 aliphatic heterocycles. The Hall–Kier alpha value is -4.09. The molecule has 0 bridgehead atoms. The number of nitrogens with one attached hydrogen (secondary N) is 1. The van der Waals surface area contributed by atoms with Gasteiger partial charge in [0.2, 0.25) is 0 Å². The van der Waals surface area contributed by atoms with Crippen molar-refractivity contribution in [3.63, 3.8) is 0 Å². The van der Waals surface area contributed by atoms with Crippen molar-refractivity contribution in [1.82, 2.24) is 9.78 Å². The molecule has 154 valence electrons. The van der Waals surface area contributed by atoms with Gasteiger partial charge in [0.1, 0.15) is 11.3 Å². The van der Waals surface area contributed by atoms with Crippen LogP contribution in [0.3, 0.4) is 0 Å². The van der Waals surface area contributed by atoms with E-state index in [0.717, 1.165) is 33.5 Å². The summed E-state index contributed by atoms with van der Waals surface area (Å²) in [5.74, 6) is 0.461. The molecule has 0 aliphatic carbocycles. The molecule has 1 amide bonds. The average Bonchev–Trinajstić information content (AvgIpc) is 3.50. The molecule has 1 N–H and O–H groups in total. The number of hydrogen-bond donors (Lipinski definition) is 1. The zero-order chi connectivity index (χ0) is 21.7. The average molecular weight is 438 g/mol. The molecule has 0 saturated heterocycles. The van der Waals surface area contributed by atoms with E-state index in [0.29, 0.717) is 22.0 Å². The molecule has 0 spiro atoms. The topological polar surface area (TPSA) is 60.1 Å². The summed E-state index contributed by atoms with van der Waals surface area (Å²) in [5.41, 5.74) is 5.16. The van der Waals surface area contributed by atoms with Crippen molar-refractivity contribution < 1.29 is 9.21 Å². The number of carbonyl (C=O) groups excluding carboxylic acids is 1. The second-order valence-corrected chi connectivity index (χ2v) is 8.00. The Labute approximate surface area is 188 Å². The monoisotopic (exact) mass is 437 g/mol. The highest BCUT2D eigenvalue weighted by Crippen LogP contribution is 2.37. The lowest BCUT2D eigenvalue weighted by Crippen LogP contribution is -2.03. The minimum absolute atomic E-state index is 0.176. The zero-order valence-electron chi connectivity index (χ0n) is 16.7. The van der Waals surface area contributed by atoms with Gasteiger partial charge in [-0.05, 0) is 48.5 Å². The first-order valence-corrected chi connectivity index (χ1v) is 10.5. The summed E-state index contributed by atoms with van der Waals surface area (Å²) >= 11 is 6.20. The van der Waals surface area contributed by atoms with Crippen LogP contribution >= 0.6 is 11.6 Å². The lowest BCUT2D eigenvalue weighted by atomic mass is 10.0. The molecule has 0 saturated carbocycles. The van der Waals surface area contributed by atoms with E-state index in [4.69, 9.17) is 21.1 Å². The maximum atomic E-state index is 12.7. The number of fused-ring (bicyclic) bond motifs is 2. The van der Waals surface area contributed by atoms with Crippen LogP contribution in [0.4, 0.5) is 5.69 Å². The fraction of sp³-hybridized carbons (Fsp3) is 0. The molecule has 0 fully saturated rings. The maximum absolute atomic E-state index is 12.7. The molecule has 6 heteroatoms. The van der Waals surface area contributed by atoms with Gasteiger partial charge in [0.15, 0.2) is 5.76 Å². The molecular weight excluding hydrogens is 422 g/mol. The first-order valence-electron chi connectivity index (χ1n) is 10.1. The molecule has 1 aliphatic rings. The second-order valence-electron chi connectivity index (χ2n) is 7.56. The van der Waals surface area contributed by atoms with Crippen LogP contribution in [0.1, 0.15) is 11.1 Å². The number of para-hydroxylation sites is 2. The molecule has 6 rings (SSSR count). The van der Waals surface area contributed by atoms with Crippen LogP contribution in [0.15, 0.2) is 89.5 Å². The number of halogens is 1. The van der Waals surface area contributed by atoms with E-state index >= 15 is 0 Å². The fourth-order valence-corrected chi connectivity index (χ4v) is 4.13. The maximum Gasteiger partial charge on any atom is 0.256 e. The SMILES string of the molecule is O=C1Nc2ccc(Cl)cc2C1=Cc1cn(-c2ccccc2)nc1-c1cc2ccccc2o1. The van der Waals surface area contributed by atoms with E-state index in [1.54, 1.807) is 16.8 Å². The number of carbonyl (C=O) groups is 1. The van der Waals surface area contributed by atoms with E-state index in [1.165, 1.54) is 0 Å². The Kier molecular flexibility index (Phi) is 4.23. The summed E-state index contributed by atoms with van der Waals surface area (Å²) in [5, 5.41) is 9.27. The predicted octanol–water partition coefficient (Wildman–Crippen LogP) is 6.43. The second kappa shape index (κ2) is 7.25. The molecule has 0 unspecified atom stereocenters. The Bertz CT molecular complexity index is 1500. The van der Waals surface area contributed by atoms with Gasteiger partial charge in [-0.1, -0.05) is 48.0 Å². The molecule has 3 aromatic carbocycles. The summed E-state index contributed by atoms with van der Waals surface area (Å²) < 4.78 is 7.89. The number of aromatic nitrogens is 2. The van der Waals surface area contributed by atoms with Crippen molar-refractivity contribution in [2.45, 2.75) is 0 Å². The Morgan fingerprint density at radius 3 is 2.62 bits per heavy atom. The molecular formula is C26H16ClN3O2. The molecule has 3 heterocycles. The van der Waals surface area contributed by atoms with Gasteiger partial charge >= 0.3 is 0 Å². The van der Waals surface area contributed by atoms with Gasteiger partial charge in [0, 0.05) is 39.0 Å². The van der Waals surface area contributed by atoms with E-state index in [1.807, 2.05) is 79.0 Å². The van der Waals surface area contributed by atoms with Crippen molar-refractivity contribution in [1.29, 1.82) is 0 Å². The summed E-state index contributed by atoms with van der Waals surface area (Å²) in [4.78, 5) is 12.7. The normalized spacial score (nSPS) is 14.2. The number of rotatable bonds is 3. The highest BCUT2D eigenvalue weighted by molar-refractivity contribution is 6.36. The lowest BCUT2D eigenvalue weighted by molar-refractivity contribution is -0.110. The predicted molar refractivity (Wildman–Crippen MR) is 127 cm³/mol.